The first-order valence-corrected chi connectivity index (χ1v) is 11.9. The van der Waals surface area contributed by atoms with Crippen LogP contribution < -0.4 is 15.5 Å². The number of carbonyl (C=O) groups excluding carboxylic acids is 1. The molecule has 0 bridgehead atoms. The Hall–Kier alpha value is -2.61. The number of hydrogen-bond donors (Lipinski definition) is 2. The fourth-order valence-corrected chi connectivity index (χ4v) is 4.43. The zero-order chi connectivity index (χ0) is 22.1. The molecule has 2 N–H and O–H groups in total. The van der Waals surface area contributed by atoms with Gasteiger partial charge in [0.15, 0.2) is 11.1 Å². The highest BCUT2D eigenvalue weighted by Gasteiger charge is 2.22. The van der Waals surface area contributed by atoms with E-state index in [2.05, 4.69) is 50.9 Å². The lowest BCUT2D eigenvalue weighted by molar-refractivity contribution is -0.131. The number of piperidine rings is 1. The van der Waals surface area contributed by atoms with Gasteiger partial charge in [0.25, 0.3) is 0 Å². The highest BCUT2D eigenvalue weighted by Crippen LogP contribution is 2.21. The number of hydrogen-bond acceptors (Lipinski definition) is 5. The second-order valence-electron chi connectivity index (χ2n) is 8.08. The molecule has 0 atom stereocenters. The van der Waals surface area contributed by atoms with E-state index in [1.807, 2.05) is 36.2 Å². The molecule has 1 fully saturated rings. The van der Waals surface area contributed by atoms with Crippen LogP contribution in [0.5, 0.6) is 0 Å². The zero-order valence-corrected chi connectivity index (χ0v) is 19.6. The highest BCUT2D eigenvalue weighted by molar-refractivity contribution is 7.13. The van der Waals surface area contributed by atoms with Crippen molar-refractivity contribution in [1.29, 1.82) is 0 Å². The highest BCUT2D eigenvalue weighted by atomic mass is 32.1. The summed E-state index contributed by atoms with van der Waals surface area (Å²) in [5.74, 6) is 1.44. The predicted molar refractivity (Wildman–Crippen MR) is 129 cm³/mol. The third-order valence-corrected chi connectivity index (χ3v) is 6.46. The maximum Gasteiger partial charge on any atom is 0.241 e. The number of thiazole rings is 1. The molecule has 0 unspecified atom stereocenters. The number of amides is 1. The van der Waals surface area contributed by atoms with Crippen LogP contribution in [0.15, 0.2) is 40.7 Å². The molecule has 1 aromatic carbocycles. The SMILES string of the molecule is CCNC(=NCc1csc(N(C)C)n1)NCC(=O)N1CCC(Cc2ccccc2)CC1. The van der Waals surface area contributed by atoms with Crippen molar-refractivity contribution in [2.75, 3.05) is 45.2 Å². The maximum atomic E-state index is 12.7. The summed E-state index contributed by atoms with van der Waals surface area (Å²) in [7, 11) is 3.96. The molecule has 168 valence electrons. The van der Waals surface area contributed by atoms with E-state index in [0.717, 1.165) is 49.7 Å². The van der Waals surface area contributed by atoms with Crippen LogP contribution in [0.25, 0.3) is 0 Å². The Morgan fingerprint density at radius 2 is 1.97 bits per heavy atom. The van der Waals surface area contributed by atoms with Gasteiger partial charge in [0.2, 0.25) is 5.91 Å². The van der Waals surface area contributed by atoms with Gasteiger partial charge in [-0.1, -0.05) is 30.3 Å². The maximum absolute atomic E-state index is 12.7. The summed E-state index contributed by atoms with van der Waals surface area (Å²) < 4.78 is 0. The first-order chi connectivity index (χ1) is 15.0. The minimum atomic E-state index is 0.132. The van der Waals surface area contributed by atoms with Crippen molar-refractivity contribution >= 4 is 28.3 Å². The first kappa shape index (κ1) is 23.1. The Labute approximate surface area is 189 Å². The van der Waals surface area contributed by atoms with Crippen LogP contribution in [-0.4, -0.2) is 62.0 Å². The molecular formula is C23H34N6OS. The predicted octanol–water partition coefficient (Wildman–Crippen LogP) is 2.75. The molecule has 0 spiro atoms. The molecule has 1 aliphatic heterocycles. The van der Waals surface area contributed by atoms with Crippen LogP contribution in [0.3, 0.4) is 0 Å². The van der Waals surface area contributed by atoms with Crippen LogP contribution in [0.1, 0.15) is 31.0 Å². The van der Waals surface area contributed by atoms with Crippen molar-refractivity contribution in [3.8, 4) is 0 Å². The van der Waals surface area contributed by atoms with Crippen molar-refractivity contribution in [2.45, 2.75) is 32.7 Å². The van der Waals surface area contributed by atoms with Crippen molar-refractivity contribution < 1.29 is 4.79 Å². The fourth-order valence-electron chi connectivity index (χ4n) is 3.68. The van der Waals surface area contributed by atoms with Crippen LogP contribution >= 0.6 is 11.3 Å². The number of aliphatic imine (C=N–C) groups is 1. The zero-order valence-electron chi connectivity index (χ0n) is 18.8. The minimum Gasteiger partial charge on any atom is -0.357 e. The Bertz CT molecular complexity index is 843. The average molecular weight is 443 g/mol. The topological polar surface area (TPSA) is 72.9 Å². The first-order valence-electron chi connectivity index (χ1n) is 11.0. The monoisotopic (exact) mass is 442 g/mol. The molecular weight excluding hydrogens is 408 g/mol. The van der Waals surface area contributed by atoms with Crippen LogP contribution in [0, 0.1) is 5.92 Å². The number of anilines is 1. The summed E-state index contributed by atoms with van der Waals surface area (Å²) in [5, 5.41) is 9.38. The molecule has 31 heavy (non-hydrogen) atoms. The van der Waals surface area contributed by atoms with Gasteiger partial charge in [-0.3, -0.25) is 4.79 Å². The summed E-state index contributed by atoms with van der Waals surface area (Å²) in [6.45, 7) is 5.16. The van der Waals surface area contributed by atoms with E-state index in [0.29, 0.717) is 18.4 Å². The molecule has 7 nitrogen and oxygen atoms in total. The summed E-state index contributed by atoms with van der Waals surface area (Å²) in [6.07, 6.45) is 3.23. The third-order valence-electron chi connectivity index (χ3n) is 5.41. The average Bonchev–Trinajstić information content (AvgIpc) is 3.26. The van der Waals surface area contributed by atoms with Crippen LogP contribution in [-0.2, 0) is 17.8 Å². The van der Waals surface area contributed by atoms with Gasteiger partial charge in [0, 0.05) is 39.1 Å². The summed E-state index contributed by atoms with van der Waals surface area (Å²) in [6, 6.07) is 10.6. The van der Waals surface area contributed by atoms with Gasteiger partial charge in [-0.2, -0.15) is 0 Å². The summed E-state index contributed by atoms with van der Waals surface area (Å²) >= 11 is 1.60. The number of guanidine groups is 1. The molecule has 0 saturated carbocycles. The van der Waals surface area contributed by atoms with Crippen LogP contribution in [0.2, 0.25) is 0 Å². The lowest BCUT2D eigenvalue weighted by Crippen LogP contribution is -2.47. The normalized spacial score (nSPS) is 15.1. The molecule has 2 heterocycles. The summed E-state index contributed by atoms with van der Waals surface area (Å²) in [5.41, 5.74) is 2.32. The molecule has 2 aromatic rings. The van der Waals surface area contributed by atoms with E-state index in [1.165, 1.54) is 5.56 Å². The van der Waals surface area contributed by atoms with Crippen molar-refractivity contribution in [3.63, 3.8) is 0 Å². The number of nitrogens with zero attached hydrogens (tertiary/aromatic N) is 4. The van der Waals surface area contributed by atoms with Gasteiger partial charge in [-0.05, 0) is 37.7 Å². The van der Waals surface area contributed by atoms with E-state index >= 15 is 0 Å². The molecule has 1 amide bonds. The van der Waals surface area contributed by atoms with E-state index in [-0.39, 0.29) is 12.5 Å². The van der Waals surface area contributed by atoms with Crippen molar-refractivity contribution in [2.24, 2.45) is 10.9 Å². The van der Waals surface area contributed by atoms with Gasteiger partial charge in [-0.15, -0.1) is 11.3 Å². The van der Waals surface area contributed by atoms with E-state index in [9.17, 15) is 4.79 Å². The molecule has 3 rings (SSSR count). The van der Waals surface area contributed by atoms with E-state index in [4.69, 9.17) is 0 Å². The molecule has 0 radical (unpaired) electrons. The Morgan fingerprint density at radius 3 is 2.61 bits per heavy atom. The second-order valence-corrected chi connectivity index (χ2v) is 8.92. The Balaban J connectivity index is 1.44. The largest absolute Gasteiger partial charge is 0.357 e. The van der Waals surface area contributed by atoms with Crippen LogP contribution in [0.4, 0.5) is 5.13 Å². The van der Waals surface area contributed by atoms with Gasteiger partial charge in [-0.25, -0.2) is 9.98 Å². The standard InChI is InChI=1S/C23H34N6OS/c1-4-24-22(25-15-20-17-31-23(27-20)28(2)3)26-16-21(30)29-12-10-19(11-13-29)14-18-8-6-5-7-9-18/h5-9,17,19H,4,10-16H2,1-3H3,(H2,24,25,26). The Kier molecular flexibility index (Phi) is 8.70. The molecule has 1 aliphatic rings. The second kappa shape index (κ2) is 11.7. The number of likely N-dealkylation sites (tertiary alicyclic amines) is 1. The smallest absolute Gasteiger partial charge is 0.241 e. The van der Waals surface area contributed by atoms with Crippen molar-refractivity contribution in [1.82, 2.24) is 20.5 Å². The van der Waals surface area contributed by atoms with Gasteiger partial charge >= 0.3 is 0 Å². The van der Waals surface area contributed by atoms with E-state index < -0.39 is 0 Å². The summed E-state index contributed by atoms with van der Waals surface area (Å²) in [4.78, 5) is 25.8. The fraction of sp³-hybridized carbons (Fsp3) is 0.522. The molecule has 1 aromatic heterocycles. The van der Waals surface area contributed by atoms with E-state index in [1.54, 1.807) is 11.3 Å². The Morgan fingerprint density at radius 1 is 1.23 bits per heavy atom. The van der Waals surface area contributed by atoms with Crippen molar-refractivity contribution in [3.05, 3.63) is 47.0 Å². The molecule has 1 saturated heterocycles. The van der Waals surface area contributed by atoms with Gasteiger partial charge < -0.3 is 20.4 Å². The van der Waals surface area contributed by atoms with Gasteiger partial charge in [0.1, 0.15) is 0 Å². The lowest BCUT2D eigenvalue weighted by Gasteiger charge is -2.32. The number of aromatic nitrogens is 1. The number of benzene rings is 1. The minimum absolute atomic E-state index is 0.132. The number of carbonyl (C=O) groups is 1. The number of nitrogens with one attached hydrogen (secondary N) is 2. The third kappa shape index (κ3) is 7.24. The van der Waals surface area contributed by atoms with Gasteiger partial charge in [0.05, 0.1) is 18.8 Å². The lowest BCUT2D eigenvalue weighted by atomic mass is 9.90. The quantitative estimate of drug-likeness (QED) is 0.486. The number of rotatable bonds is 8. The molecule has 8 heteroatoms. The molecule has 0 aliphatic carbocycles.